The molecule has 0 saturated carbocycles. The molecule has 0 heterocycles. The van der Waals surface area contributed by atoms with Crippen LogP contribution in [-0.4, -0.2) is 26.2 Å². The molecule has 0 fully saturated rings. The molecule has 2 rings (SSSR count). The van der Waals surface area contributed by atoms with Crippen molar-refractivity contribution in [1.29, 1.82) is 0 Å². The van der Waals surface area contributed by atoms with Gasteiger partial charge in [0.15, 0.2) is 0 Å². The molecule has 0 spiro atoms. The molecule has 0 aliphatic heterocycles. The maximum absolute atomic E-state index is 11.9. The summed E-state index contributed by atoms with van der Waals surface area (Å²) in [4.78, 5) is 11.9. The number of aromatic hydroxyl groups is 4. The zero-order valence-corrected chi connectivity index (χ0v) is 10.7. The second kappa shape index (κ2) is 5.13. The molecule has 0 radical (unpaired) electrons. The normalized spacial score (nSPS) is 12.1. The Morgan fingerprint density at radius 1 is 0.900 bits per heavy atom. The minimum atomic E-state index is -0.879. The largest absolute Gasteiger partial charge is 0.508 e. The van der Waals surface area contributed by atoms with Crippen LogP contribution in [0.1, 0.15) is 24.0 Å². The Bertz CT molecular complexity index is 623. The number of carbonyl (C=O) groups is 1. The van der Waals surface area contributed by atoms with Crippen LogP contribution < -0.4 is 0 Å². The van der Waals surface area contributed by atoms with Crippen molar-refractivity contribution in [3.05, 3.63) is 47.5 Å². The number of benzene rings is 2. The minimum Gasteiger partial charge on any atom is -0.508 e. The van der Waals surface area contributed by atoms with Crippen LogP contribution in [0.5, 0.6) is 23.0 Å². The van der Waals surface area contributed by atoms with Gasteiger partial charge in [-0.1, -0.05) is 12.1 Å². The molecule has 0 aliphatic rings. The van der Waals surface area contributed by atoms with E-state index in [2.05, 4.69) is 0 Å². The number of rotatable bonds is 3. The van der Waals surface area contributed by atoms with Gasteiger partial charge in [0, 0.05) is 12.1 Å². The van der Waals surface area contributed by atoms with E-state index in [1.54, 1.807) is 0 Å². The fourth-order valence-electron chi connectivity index (χ4n) is 2.18. The van der Waals surface area contributed by atoms with Crippen molar-refractivity contribution >= 4 is 5.78 Å². The number of phenols is 4. The van der Waals surface area contributed by atoms with Gasteiger partial charge in [0.1, 0.15) is 28.8 Å². The first kappa shape index (κ1) is 13.7. The molecule has 0 bridgehead atoms. The molecule has 104 valence electrons. The highest BCUT2D eigenvalue weighted by Crippen LogP contribution is 2.41. The first-order chi connectivity index (χ1) is 9.40. The Morgan fingerprint density at radius 3 is 1.85 bits per heavy atom. The van der Waals surface area contributed by atoms with Crippen molar-refractivity contribution in [2.75, 3.05) is 0 Å². The molecule has 1 atom stereocenters. The fourth-order valence-corrected chi connectivity index (χ4v) is 2.18. The average molecular weight is 274 g/mol. The van der Waals surface area contributed by atoms with Crippen LogP contribution in [-0.2, 0) is 4.79 Å². The van der Waals surface area contributed by atoms with Crippen molar-refractivity contribution in [3.8, 4) is 23.0 Å². The maximum Gasteiger partial charge on any atom is 0.141 e. The predicted octanol–water partition coefficient (Wildman–Crippen LogP) is 2.23. The number of hydrogen-bond donors (Lipinski definition) is 4. The van der Waals surface area contributed by atoms with E-state index in [9.17, 15) is 25.2 Å². The monoisotopic (exact) mass is 274 g/mol. The molecule has 2 aromatic carbocycles. The SMILES string of the molecule is CC(=O)C(c1ccc(O)cc1)c1c(O)cc(O)cc1O. The lowest BCUT2D eigenvalue weighted by Gasteiger charge is -2.18. The Balaban J connectivity index is 2.60. The van der Waals surface area contributed by atoms with E-state index >= 15 is 0 Å². The van der Waals surface area contributed by atoms with Gasteiger partial charge in [-0.3, -0.25) is 4.79 Å². The number of ketones is 1. The number of Topliss-reactive ketones (excluding diaryl/α,β-unsaturated/α-hetero) is 1. The number of phenolic OH excluding ortho intramolecular Hbond substituents is 4. The lowest BCUT2D eigenvalue weighted by Crippen LogP contribution is -2.11. The van der Waals surface area contributed by atoms with E-state index < -0.39 is 5.92 Å². The van der Waals surface area contributed by atoms with Crippen molar-refractivity contribution in [1.82, 2.24) is 0 Å². The molecular formula is C15H14O5. The highest BCUT2D eigenvalue weighted by molar-refractivity contribution is 5.88. The Hall–Kier alpha value is -2.69. The highest BCUT2D eigenvalue weighted by Gasteiger charge is 2.26. The lowest BCUT2D eigenvalue weighted by molar-refractivity contribution is -0.117. The van der Waals surface area contributed by atoms with E-state index in [-0.39, 0.29) is 34.3 Å². The lowest BCUT2D eigenvalue weighted by atomic mass is 9.87. The molecular weight excluding hydrogens is 260 g/mol. The molecule has 0 amide bonds. The summed E-state index contributed by atoms with van der Waals surface area (Å²) in [6.07, 6.45) is 0. The summed E-state index contributed by atoms with van der Waals surface area (Å²) in [5, 5.41) is 38.4. The quantitative estimate of drug-likeness (QED) is 0.688. The minimum absolute atomic E-state index is 0.0287. The summed E-state index contributed by atoms with van der Waals surface area (Å²) in [6.45, 7) is 1.34. The topological polar surface area (TPSA) is 98.0 Å². The Morgan fingerprint density at radius 2 is 1.40 bits per heavy atom. The van der Waals surface area contributed by atoms with Crippen LogP contribution in [0.4, 0.5) is 0 Å². The van der Waals surface area contributed by atoms with Crippen LogP contribution in [0.25, 0.3) is 0 Å². The molecule has 0 saturated heterocycles. The van der Waals surface area contributed by atoms with Crippen LogP contribution in [0.15, 0.2) is 36.4 Å². The summed E-state index contributed by atoms with van der Waals surface area (Å²) in [5.74, 6) is -2.14. The number of hydrogen-bond acceptors (Lipinski definition) is 5. The van der Waals surface area contributed by atoms with Gasteiger partial charge in [-0.2, -0.15) is 0 Å². The van der Waals surface area contributed by atoms with Crippen LogP contribution in [0.2, 0.25) is 0 Å². The predicted molar refractivity (Wildman–Crippen MR) is 72.1 cm³/mol. The van der Waals surface area contributed by atoms with E-state index in [1.807, 2.05) is 0 Å². The summed E-state index contributed by atoms with van der Waals surface area (Å²) in [6, 6.07) is 8.02. The fraction of sp³-hybridized carbons (Fsp3) is 0.133. The smallest absolute Gasteiger partial charge is 0.141 e. The van der Waals surface area contributed by atoms with E-state index in [0.717, 1.165) is 12.1 Å². The van der Waals surface area contributed by atoms with Gasteiger partial charge in [0.2, 0.25) is 0 Å². The van der Waals surface area contributed by atoms with Crippen molar-refractivity contribution < 1.29 is 25.2 Å². The second-order valence-corrected chi connectivity index (χ2v) is 4.53. The summed E-state index contributed by atoms with van der Waals surface area (Å²) in [7, 11) is 0. The van der Waals surface area contributed by atoms with Gasteiger partial charge < -0.3 is 20.4 Å². The zero-order chi connectivity index (χ0) is 14.9. The summed E-state index contributed by atoms with van der Waals surface area (Å²) < 4.78 is 0. The number of carbonyl (C=O) groups excluding carboxylic acids is 1. The molecule has 2 aromatic rings. The maximum atomic E-state index is 11.9. The van der Waals surface area contributed by atoms with Crippen LogP contribution >= 0.6 is 0 Å². The molecule has 5 nitrogen and oxygen atoms in total. The summed E-state index contributed by atoms with van der Waals surface area (Å²) >= 11 is 0. The van der Waals surface area contributed by atoms with Crippen molar-refractivity contribution in [2.24, 2.45) is 0 Å². The summed E-state index contributed by atoms with van der Waals surface area (Å²) in [5.41, 5.74) is 0.549. The molecule has 0 aromatic heterocycles. The van der Waals surface area contributed by atoms with Gasteiger partial charge >= 0.3 is 0 Å². The first-order valence-electron chi connectivity index (χ1n) is 5.94. The molecule has 1 unspecified atom stereocenters. The van der Waals surface area contributed by atoms with Crippen molar-refractivity contribution in [2.45, 2.75) is 12.8 Å². The first-order valence-corrected chi connectivity index (χ1v) is 5.94. The Kier molecular flexibility index (Phi) is 3.52. The van der Waals surface area contributed by atoms with Gasteiger partial charge in [-0.25, -0.2) is 0 Å². The molecule has 20 heavy (non-hydrogen) atoms. The van der Waals surface area contributed by atoms with Gasteiger partial charge in [-0.15, -0.1) is 0 Å². The molecule has 4 N–H and O–H groups in total. The van der Waals surface area contributed by atoms with Crippen LogP contribution in [0.3, 0.4) is 0 Å². The van der Waals surface area contributed by atoms with Gasteiger partial charge in [0.25, 0.3) is 0 Å². The zero-order valence-electron chi connectivity index (χ0n) is 10.7. The van der Waals surface area contributed by atoms with E-state index in [0.29, 0.717) is 5.56 Å². The van der Waals surface area contributed by atoms with Gasteiger partial charge in [0.05, 0.1) is 11.5 Å². The highest BCUT2D eigenvalue weighted by atomic mass is 16.3. The van der Waals surface area contributed by atoms with Gasteiger partial charge in [-0.05, 0) is 24.6 Å². The standard InChI is InChI=1S/C15H14O5/c1-8(16)14(9-2-4-10(17)5-3-9)15-12(19)6-11(18)7-13(15)20/h2-7,14,17-20H,1H3. The van der Waals surface area contributed by atoms with Crippen LogP contribution in [0, 0.1) is 0 Å². The van der Waals surface area contributed by atoms with Crippen molar-refractivity contribution in [3.63, 3.8) is 0 Å². The van der Waals surface area contributed by atoms with E-state index in [1.165, 1.54) is 31.2 Å². The third kappa shape index (κ3) is 2.51. The Labute approximate surface area is 115 Å². The molecule has 0 aliphatic carbocycles. The van der Waals surface area contributed by atoms with E-state index in [4.69, 9.17) is 0 Å². The second-order valence-electron chi connectivity index (χ2n) is 4.53. The third-order valence-corrected chi connectivity index (χ3v) is 3.04. The average Bonchev–Trinajstić information content (AvgIpc) is 2.34. The third-order valence-electron chi connectivity index (χ3n) is 3.04. The molecule has 5 heteroatoms.